The zero-order valence-corrected chi connectivity index (χ0v) is 18.1. The van der Waals surface area contributed by atoms with Crippen LogP contribution in [0.4, 0.5) is 13.2 Å². The molecule has 1 aliphatic heterocycles. The van der Waals surface area contributed by atoms with Gasteiger partial charge in [0.15, 0.2) is 0 Å². The van der Waals surface area contributed by atoms with Crippen molar-refractivity contribution in [2.45, 2.75) is 43.8 Å². The Bertz CT molecular complexity index is 1040. The van der Waals surface area contributed by atoms with Crippen LogP contribution >= 0.6 is 11.3 Å². The number of amides is 1. The van der Waals surface area contributed by atoms with E-state index in [2.05, 4.69) is 16.9 Å². The number of aryl methyl sites for hydroxylation is 1. The number of thiazole rings is 1. The van der Waals surface area contributed by atoms with Crippen molar-refractivity contribution in [1.82, 2.24) is 10.3 Å². The highest BCUT2D eigenvalue weighted by Crippen LogP contribution is 2.36. The van der Waals surface area contributed by atoms with Gasteiger partial charge in [-0.15, -0.1) is 17.9 Å². The van der Waals surface area contributed by atoms with E-state index in [0.29, 0.717) is 36.3 Å². The number of carbonyl (C=O) groups is 1. The summed E-state index contributed by atoms with van der Waals surface area (Å²) < 4.78 is 42.3. The fourth-order valence-electron chi connectivity index (χ4n) is 3.57. The Morgan fingerprint density at radius 2 is 2.22 bits per heavy atom. The van der Waals surface area contributed by atoms with E-state index in [0.717, 1.165) is 5.56 Å². The van der Waals surface area contributed by atoms with Crippen LogP contribution in [0.2, 0.25) is 0 Å². The third-order valence-electron chi connectivity index (χ3n) is 5.26. The molecule has 0 spiro atoms. The maximum Gasteiger partial charge on any atom is 0.389 e. The van der Waals surface area contributed by atoms with Crippen molar-refractivity contribution in [2.24, 2.45) is 0 Å². The summed E-state index contributed by atoms with van der Waals surface area (Å²) in [7, 11) is 0. The lowest BCUT2D eigenvalue weighted by Crippen LogP contribution is -2.51. The van der Waals surface area contributed by atoms with E-state index in [1.807, 2.05) is 12.1 Å². The summed E-state index contributed by atoms with van der Waals surface area (Å²) in [6.07, 6.45) is -2.01. The van der Waals surface area contributed by atoms with Crippen LogP contribution in [0.5, 0.6) is 5.75 Å². The Balaban J connectivity index is 1.68. The largest absolute Gasteiger partial charge is 0.494 e. The summed E-state index contributed by atoms with van der Waals surface area (Å²) in [5.41, 5.74) is 3.09. The number of hydrogen-bond acceptors (Lipinski definition) is 5. The average Bonchev–Trinajstić information content (AvgIpc) is 3.29. The molecule has 3 rings (SSSR count). The molecule has 32 heavy (non-hydrogen) atoms. The summed E-state index contributed by atoms with van der Waals surface area (Å²) in [5, 5.41) is 14.2. The quantitative estimate of drug-likeness (QED) is 0.410. The number of benzene rings is 1. The lowest BCUT2D eigenvalue weighted by atomic mass is 9.79. The number of nitrogens with one attached hydrogen (secondary N) is 1. The molecular formula is C23H22F3N3O2S. The molecule has 0 saturated heterocycles. The van der Waals surface area contributed by atoms with E-state index in [-0.39, 0.29) is 18.6 Å². The Hall–Kier alpha value is -3.12. The maximum absolute atomic E-state index is 12.6. The van der Waals surface area contributed by atoms with E-state index in [4.69, 9.17) is 4.74 Å². The van der Waals surface area contributed by atoms with Crippen molar-refractivity contribution in [1.29, 1.82) is 5.26 Å². The summed E-state index contributed by atoms with van der Waals surface area (Å²) >= 11 is 1.39. The van der Waals surface area contributed by atoms with Gasteiger partial charge >= 0.3 is 6.18 Å². The third-order valence-corrected chi connectivity index (χ3v) is 5.85. The van der Waals surface area contributed by atoms with Crippen molar-refractivity contribution < 1.29 is 22.7 Å². The smallest absolute Gasteiger partial charge is 0.389 e. The number of alkyl halides is 3. The molecule has 2 heterocycles. The monoisotopic (exact) mass is 461 g/mol. The molecule has 1 atom stereocenters. The lowest BCUT2D eigenvalue weighted by molar-refractivity contribution is -0.136. The minimum absolute atomic E-state index is 0.0195. The predicted molar refractivity (Wildman–Crippen MR) is 116 cm³/mol. The van der Waals surface area contributed by atoms with Gasteiger partial charge in [0.1, 0.15) is 17.4 Å². The maximum atomic E-state index is 12.6. The average molecular weight is 462 g/mol. The van der Waals surface area contributed by atoms with Crippen molar-refractivity contribution in [3.8, 4) is 11.8 Å². The second-order valence-corrected chi connectivity index (χ2v) is 8.26. The molecule has 1 aromatic heterocycles. The molecule has 0 aliphatic carbocycles. The number of nitriles is 1. The number of aromatic nitrogens is 1. The van der Waals surface area contributed by atoms with Gasteiger partial charge in [0.25, 0.3) is 5.91 Å². The Labute approximate surface area is 188 Å². The highest BCUT2D eigenvalue weighted by atomic mass is 32.1. The highest BCUT2D eigenvalue weighted by molar-refractivity contribution is 7.07. The number of hydrogen-bond donors (Lipinski definition) is 1. The fourth-order valence-corrected chi connectivity index (χ4v) is 4.14. The number of rotatable bonds is 9. The first-order valence-corrected chi connectivity index (χ1v) is 11.0. The van der Waals surface area contributed by atoms with Crippen molar-refractivity contribution in [2.75, 3.05) is 6.61 Å². The molecule has 0 saturated carbocycles. The van der Waals surface area contributed by atoms with Crippen LogP contribution in [0.15, 0.2) is 53.4 Å². The van der Waals surface area contributed by atoms with Crippen LogP contribution in [0.25, 0.3) is 5.57 Å². The third kappa shape index (κ3) is 5.98. The number of ether oxygens (including phenoxy) is 1. The topological polar surface area (TPSA) is 75.0 Å². The second kappa shape index (κ2) is 10.0. The van der Waals surface area contributed by atoms with Crippen LogP contribution in [0.3, 0.4) is 0 Å². The van der Waals surface area contributed by atoms with Gasteiger partial charge in [-0.3, -0.25) is 4.79 Å². The van der Waals surface area contributed by atoms with Crippen LogP contribution in [0, 0.1) is 11.3 Å². The molecule has 2 aromatic rings. The highest BCUT2D eigenvalue weighted by Gasteiger charge is 2.38. The Morgan fingerprint density at radius 1 is 1.41 bits per heavy atom. The second-order valence-electron chi connectivity index (χ2n) is 7.54. The molecule has 0 bridgehead atoms. The molecule has 0 unspecified atom stereocenters. The van der Waals surface area contributed by atoms with Crippen molar-refractivity contribution in [3.05, 3.63) is 64.6 Å². The molecule has 1 aliphatic rings. The van der Waals surface area contributed by atoms with Gasteiger partial charge in [0.05, 0.1) is 23.4 Å². The molecule has 0 fully saturated rings. The van der Waals surface area contributed by atoms with Crippen molar-refractivity contribution in [3.63, 3.8) is 0 Å². The normalized spacial score (nSPS) is 18.8. The molecule has 1 N–H and O–H groups in total. The molecule has 9 heteroatoms. The molecule has 0 radical (unpaired) electrons. The number of carbonyl (C=O) groups excluding carboxylic acids is 1. The first kappa shape index (κ1) is 23.5. The van der Waals surface area contributed by atoms with Gasteiger partial charge in [-0.1, -0.05) is 18.2 Å². The fraction of sp³-hybridized carbons (Fsp3) is 0.348. The summed E-state index contributed by atoms with van der Waals surface area (Å²) in [6, 6.07) is 9.14. The van der Waals surface area contributed by atoms with Gasteiger partial charge < -0.3 is 10.1 Å². The first-order valence-electron chi connectivity index (χ1n) is 10.0. The first-order chi connectivity index (χ1) is 15.3. The van der Waals surface area contributed by atoms with Gasteiger partial charge in [-0.25, -0.2) is 4.98 Å². The van der Waals surface area contributed by atoms with Gasteiger partial charge in [0, 0.05) is 23.8 Å². The van der Waals surface area contributed by atoms with E-state index in [1.54, 1.807) is 35.2 Å². The SMILES string of the molecule is C=C[C@]1(CCc2cccc(OCCCC(F)(F)F)c2)CC(c2cscn2)=C(C#N)C(=O)N1. The van der Waals surface area contributed by atoms with Gasteiger partial charge in [-0.2, -0.15) is 18.4 Å². The lowest BCUT2D eigenvalue weighted by Gasteiger charge is -2.36. The predicted octanol–water partition coefficient (Wildman–Crippen LogP) is 5.22. The van der Waals surface area contributed by atoms with Crippen LogP contribution in [-0.4, -0.2) is 29.2 Å². The van der Waals surface area contributed by atoms with E-state index in [9.17, 15) is 23.2 Å². The molecular weight excluding hydrogens is 439 g/mol. The minimum Gasteiger partial charge on any atom is -0.494 e. The summed E-state index contributed by atoms with van der Waals surface area (Å²) in [5.74, 6) is 0.0447. The molecule has 168 valence electrons. The van der Waals surface area contributed by atoms with Crippen LogP contribution in [0.1, 0.15) is 36.9 Å². The number of halogens is 3. The van der Waals surface area contributed by atoms with E-state index in [1.165, 1.54) is 11.3 Å². The Morgan fingerprint density at radius 3 is 2.88 bits per heavy atom. The summed E-state index contributed by atoms with van der Waals surface area (Å²) in [6.45, 7) is 3.88. The summed E-state index contributed by atoms with van der Waals surface area (Å²) in [4.78, 5) is 16.9. The van der Waals surface area contributed by atoms with Gasteiger partial charge in [0.2, 0.25) is 0 Å². The number of nitrogens with zero attached hydrogens (tertiary/aromatic N) is 2. The molecule has 1 aromatic carbocycles. The van der Waals surface area contributed by atoms with E-state index >= 15 is 0 Å². The zero-order valence-electron chi connectivity index (χ0n) is 17.2. The molecule has 5 nitrogen and oxygen atoms in total. The van der Waals surface area contributed by atoms with Gasteiger partial charge in [-0.05, 0) is 37.0 Å². The minimum atomic E-state index is -4.19. The standard InChI is InChI=1S/C23H22F3N3O2S/c1-2-22(12-18(20-14-32-15-28-20)19(13-27)21(30)29-22)9-7-16-5-3-6-17(11-16)31-10-4-8-23(24,25)26/h2-3,5-6,11,14-15H,1,4,7-10,12H2,(H,29,30)/t22-/m0/s1. The van der Waals surface area contributed by atoms with Crippen LogP contribution in [-0.2, 0) is 11.2 Å². The van der Waals surface area contributed by atoms with Crippen LogP contribution < -0.4 is 10.1 Å². The van der Waals surface area contributed by atoms with Crippen molar-refractivity contribution >= 4 is 22.8 Å². The molecule has 1 amide bonds. The zero-order chi connectivity index (χ0) is 23.2. The Kier molecular flexibility index (Phi) is 7.36. The van der Waals surface area contributed by atoms with E-state index < -0.39 is 24.0 Å².